The molecule has 0 aliphatic heterocycles. The molecule has 0 radical (unpaired) electrons. The van der Waals surface area contributed by atoms with Crippen molar-refractivity contribution in [2.45, 2.75) is 18.9 Å². The molecule has 1 aromatic heterocycles. The van der Waals surface area contributed by atoms with Gasteiger partial charge in [0.15, 0.2) is 0 Å². The molecule has 6 nitrogen and oxygen atoms in total. The maximum absolute atomic E-state index is 11.6. The first-order valence-electron chi connectivity index (χ1n) is 5.40. The van der Waals surface area contributed by atoms with Gasteiger partial charge < -0.3 is 20.7 Å². The van der Waals surface area contributed by atoms with Crippen LogP contribution >= 0.6 is 0 Å². The van der Waals surface area contributed by atoms with Crippen molar-refractivity contribution in [1.82, 2.24) is 9.88 Å². The minimum absolute atomic E-state index is 0.165. The number of nitrogens with two attached hydrogens (primary N) is 1. The van der Waals surface area contributed by atoms with Crippen LogP contribution < -0.4 is 11.1 Å². The van der Waals surface area contributed by atoms with E-state index in [-0.39, 0.29) is 5.91 Å². The molecule has 4 N–H and O–H groups in total. The first kappa shape index (κ1) is 13.2. The molecule has 1 aromatic rings. The molecule has 17 heavy (non-hydrogen) atoms. The van der Waals surface area contributed by atoms with Gasteiger partial charge in [-0.25, -0.2) is 0 Å². The number of aromatic nitrogens is 1. The average Bonchev–Trinajstić information content (AvgIpc) is 2.70. The van der Waals surface area contributed by atoms with E-state index in [0.29, 0.717) is 25.1 Å². The summed E-state index contributed by atoms with van der Waals surface area (Å²) in [7, 11) is 1.79. The molecule has 0 spiro atoms. The summed E-state index contributed by atoms with van der Waals surface area (Å²) >= 11 is 0. The van der Waals surface area contributed by atoms with Gasteiger partial charge in [0, 0.05) is 19.8 Å². The quantitative estimate of drug-likeness (QED) is 0.606. The lowest BCUT2D eigenvalue weighted by Gasteiger charge is -2.08. The normalized spacial score (nSPS) is 12.1. The molecule has 1 atom stereocenters. The third-order valence-corrected chi connectivity index (χ3v) is 2.47. The van der Waals surface area contributed by atoms with E-state index < -0.39 is 12.0 Å². The van der Waals surface area contributed by atoms with Gasteiger partial charge in [0.25, 0.3) is 5.91 Å². The van der Waals surface area contributed by atoms with Gasteiger partial charge in [0.05, 0.1) is 0 Å². The van der Waals surface area contributed by atoms with Crippen molar-refractivity contribution in [3.63, 3.8) is 0 Å². The lowest BCUT2D eigenvalue weighted by Crippen LogP contribution is -2.32. The second-order valence-corrected chi connectivity index (χ2v) is 3.85. The van der Waals surface area contributed by atoms with Crippen LogP contribution in [0.4, 0.5) is 0 Å². The van der Waals surface area contributed by atoms with Crippen molar-refractivity contribution >= 4 is 11.9 Å². The highest BCUT2D eigenvalue weighted by Gasteiger charge is 2.11. The summed E-state index contributed by atoms with van der Waals surface area (Å²) in [6, 6.07) is 2.65. The fourth-order valence-electron chi connectivity index (χ4n) is 1.43. The van der Waals surface area contributed by atoms with Crippen molar-refractivity contribution in [2.24, 2.45) is 12.8 Å². The number of carbonyl (C=O) groups is 2. The molecule has 94 valence electrons. The Morgan fingerprint density at radius 1 is 1.59 bits per heavy atom. The molecule has 1 amide bonds. The summed E-state index contributed by atoms with van der Waals surface area (Å²) in [5.41, 5.74) is 5.91. The number of hydrogen-bond acceptors (Lipinski definition) is 3. The molecule has 0 aliphatic carbocycles. The molecule has 1 heterocycles. The zero-order valence-corrected chi connectivity index (χ0v) is 9.72. The zero-order chi connectivity index (χ0) is 12.8. The summed E-state index contributed by atoms with van der Waals surface area (Å²) in [5, 5.41) is 11.3. The van der Waals surface area contributed by atoms with Crippen molar-refractivity contribution in [3.05, 3.63) is 24.0 Å². The van der Waals surface area contributed by atoms with E-state index in [1.165, 1.54) is 0 Å². The summed E-state index contributed by atoms with van der Waals surface area (Å²) in [4.78, 5) is 22.1. The van der Waals surface area contributed by atoms with Crippen LogP contribution in [0.15, 0.2) is 18.3 Å². The van der Waals surface area contributed by atoms with E-state index in [4.69, 9.17) is 10.8 Å². The highest BCUT2D eigenvalue weighted by atomic mass is 16.4. The number of nitrogens with one attached hydrogen (secondary N) is 1. The fraction of sp³-hybridized carbons (Fsp3) is 0.455. The molecule has 1 unspecified atom stereocenters. The smallest absolute Gasteiger partial charge is 0.320 e. The number of carboxylic acid groups (broad SMARTS) is 1. The van der Waals surface area contributed by atoms with E-state index in [2.05, 4.69) is 5.32 Å². The number of aryl methyl sites for hydroxylation is 1. The monoisotopic (exact) mass is 239 g/mol. The number of aliphatic carboxylic acids is 1. The highest BCUT2D eigenvalue weighted by Crippen LogP contribution is 1.99. The summed E-state index contributed by atoms with van der Waals surface area (Å²) in [6.45, 7) is 0.422. The molecule has 0 fully saturated rings. The minimum Gasteiger partial charge on any atom is -0.480 e. The maximum Gasteiger partial charge on any atom is 0.320 e. The van der Waals surface area contributed by atoms with E-state index in [9.17, 15) is 9.59 Å². The number of nitrogens with zero attached hydrogens (tertiary/aromatic N) is 1. The van der Waals surface area contributed by atoms with Gasteiger partial charge in [-0.15, -0.1) is 0 Å². The lowest BCUT2D eigenvalue weighted by atomic mass is 10.2. The Morgan fingerprint density at radius 3 is 2.82 bits per heavy atom. The van der Waals surface area contributed by atoms with Gasteiger partial charge in [-0.2, -0.15) is 0 Å². The standard InChI is InChI=1S/C11H17N3O3/c1-14-7-3-5-9(14)10(15)13-6-2-4-8(12)11(16)17/h3,5,7-8H,2,4,6,12H2,1H3,(H,13,15)(H,16,17). The number of carbonyl (C=O) groups excluding carboxylic acids is 1. The second-order valence-electron chi connectivity index (χ2n) is 3.85. The van der Waals surface area contributed by atoms with Gasteiger partial charge in [-0.1, -0.05) is 0 Å². The van der Waals surface area contributed by atoms with Crippen LogP contribution in [0.1, 0.15) is 23.3 Å². The molecule has 0 aromatic carbocycles. The summed E-state index contributed by atoms with van der Waals surface area (Å²) in [6.07, 6.45) is 2.68. The topological polar surface area (TPSA) is 97.4 Å². The van der Waals surface area contributed by atoms with Crippen LogP contribution in [0.2, 0.25) is 0 Å². The maximum atomic E-state index is 11.6. The predicted octanol–water partition coefficient (Wildman–Crippen LogP) is -0.0530. The molecule has 1 rings (SSSR count). The van der Waals surface area contributed by atoms with Crippen molar-refractivity contribution < 1.29 is 14.7 Å². The van der Waals surface area contributed by atoms with Crippen LogP contribution in [0.25, 0.3) is 0 Å². The van der Waals surface area contributed by atoms with Crippen LogP contribution in [0, 0.1) is 0 Å². The van der Waals surface area contributed by atoms with Gasteiger partial charge in [0.2, 0.25) is 0 Å². The van der Waals surface area contributed by atoms with Crippen molar-refractivity contribution in [1.29, 1.82) is 0 Å². The molecule has 6 heteroatoms. The first-order valence-corrected chi connectivity index (χ1v) is 5.40. The van der Waals surface area contributed by atoms with E-state index in [0.717, 1.165) is 0 Å². The number of rotatable bonds is 6. The predicted molar refractivity (Wildman–Crippen MR) is 62.6 cm³/mol. The summed E-state index contributed by atoms with van der Waals surface area (Å²) < 4.78 is 1.72. The SMILES string of the molecule is Cn1cccc1C(=O)NCCCC(N)C(=O)O. The Hall–Kier alpha value is -1.82. The van der Waals surface area contributed by atoms with Gasteiger partial charge in [-0.05, 0) is 25.0 Å². The Balaban J connectivity index is 2.26. The molecular formula is C11H17N3O3. The molecule has 0 aliphatic rings. The van der Waals surface area contributed by atoms with Gasteiger partial charge >= 0.3 is 5.97 Å². The molecule has 0 saturated heterocycles. The first-order chi connectivity index (χ1) is 8.02. The minimum atomic E-state index is -1.02. The third-order valence-electron chi connectivity index (χ3n) is 2.47. The molecular weight excluding hydrogens is 222 g/mol. The van der Waals surface area contributed by atoms with Gasteiger partial charge in [0.1, 0.15) is 11.7 Å². The third kappa shape index (κ3) is 3.92. The molecule has 0 bridgehead atoms. The van der Waals surface area contributed by atoms with E-state index in [1.807, 2.05) is 0 Å². The number of amides is 1. The van der Waals surface area contributed by atoms with Crippen LogP contribution in [-0.4, -0.2) is 34.1 Å². The Kier molecular flexibility index (Phi) is 4.71. The Bertz CT molecular complexity index is 400. The van der Waals surface area contributed by atoms with Gasteiger partial charge in [-0.3, -0.25) is 9.59 Å². The largest absolute Gasteiger partial charge is 0.480 e. The van der Waals surface area contributed by atoms with Crippen molar-refractivity contribution in [3.8, 4) is 0 Å². The van der Waals surface area contributed by atoms with Crippen LogP contribution in [0.5, 0.6) is 0 Å². The second kappa shape index (κ2) is 6.05. The van der Waals surface area contributed by atoms with E-state index >= 15 is 0 Å². The fourth-order valence-corrected chi connectivity index (χ4v) is 1.43. The van der Waals surface area contributed by atoms with Crippen molar-refractivity contribution in [2.75, 3.05) is 6.54 Å². The number of hydrogen-bond donors (Lipinski definition) is 3. The van der Waals surface area contributed by atoms with Crippen LogP contribution in [0.3, 0.4) is 0 Å². The zero-order valence-electron chi connectivity index (χ0n) is 9.72. The number of carboxylic acids is 1. The average molecular weight is 239 g/mol. The molecule has 0 saturated carbocycles. The Labute approximate surface area is 99.4 Å². The Morgan fingerprint density at radius 2 is 2.29 bits per heavy atom. The highest BCUT2D eigenvalue weighted by molar-refractivity contribution is 5.92. The summed E-state index contributed by atoms with van der Waals surface area (Å²) in [5.74, 6) is -1.18. The lowest BCUT2D eigenvalue weighted by molar-refractivity contribution is -0.138. The van der Waals surface area contributed by atoms with Crippen LogP contribution in [-0.2, 0) is 11.8 Å². The van der Waals surface area contributed by atoms with E-state index in [1.54, 1.807) is 29.9 Å².